The van der Waals surface area contributed by atoms with Crippen molar-refractivity contribution in [3.63, 3.8) is 0 Å². The zero-order valence-electron chi connectivity index (χ0n) is 11.6. The van der Waals surface area contributed by atoms with Crippen molar-refractivity contribution < 1.29 is 14.4 Å². The topological polar surface area (TPSA) is 91.5 Å². The van der Waals surface area contributed by atoms with E-state index >= 15 is 0 Å². The van der Waals surface area contributed by atoms with Crippen molar-refractivity contribution in [2.24, 2.45) is 5.92 Å². The van der Waals surface area contributed by atoms with E-state index in [4.69, 9.17) is 4.52 Å². The van der Waals surface area contributed by atoms with E-state index in [9.17, 15) is 9.90 Å². The average molecular weight is 280 g/mol. The fourth-order valence-electron chi connectivity index (χ4n) is 2.73. The Morgan fingerprint density at radius 3 is 3.05 bits per heavy atom. The standard InChI is InChI=1S/C13H20N4O3/c1-8-4-6-17(7-10(8)18)13(19)11-15-12(20-16-11)9-3-2-5-14-9/h8-10,14,18H,2-7H2,1H3. The molecule has 3 atom stereocenters. The maximum atomic E-state index is 12.3. The summed E-state index contributed by atoms with van der Waals surface area (Å²) in [6.45, 7) is 3.89. The number of carbonyl (C=O) groups is 1. The van der Waals surface area contributed by atoms with Crippen molar-refractivity contribution in [2.75, 3.05) is 19.6 Å². The summed E-state index contributed by atoms with van der Waals surface area (Å²) >= 11 is 0. The number of hydrogen-bond donors (Lipinski definition) is 2. The van der Waals surface area contributed by atoms with Crippen molar-refractivity contribution in [1.29, 1.82) is 0 Å². The van der Waals surface area contributed by atoms with E-state index in [1.54, 1.807) is 4.90 Å². The summed E-state index contributed by atoms with van der Waals surface area (Å²) in [5, 5.41) is 16.9. The molecule has 0 aliphatic carbocycles. The minimum absolute atomic E-state index is 0.0658. The van der Waals surface area contributed by atoms with Crippen LogP contribution in [0.4, 0.5) is 0 Å². The molecule has 20 heavy (non-hydrogen) atoms. The Labute approximate surface area is 117 Å². The molecule has 3 unspecified atom stereocenters. The van der Waals surface area contributed by atoms with Gasteiger partial charge in [0.15, 0.2) is 0 Å². The molecule has 2 aliphatic heterocycles. The highest BCUT2D eigenvalue weighted by molar-refractivity contribution is 5.90. The molecule has 2 aliphatic rings. The molecule has 1 aromatic heterocycles. The smallest absolute Gasteiger partial charge is 0.295 e. The summed E-state index contributed by atoms with van der Waals surface area (Å²) in [6.07, 6.45) is 2.35. The summed E-state index contributed by atoms with van der Waals surface area (Å²) in [5.74, 6) is 0.541. The molecule has 2 N–H and O–H groups in total. The molecule has 7 heteroatoms. The number of likely N-dealkylation sites (tertiary alicyclic amines) is 1. The molecule has 0 radical (unpaired) electrons. The maximum absolute atomic E-state index is 12.3. The van der Waals surface area contributed by atoms with Crippen LogP contribution in [0.25, 0.3) is 0 Å². The largest absolute Gasteiger partial charge is 0.391 e. The van der Waals surface area contributed by atoms with Crippen LogP contribution in [-0.4, -0.2) is 51.8 Å². The lowest BCUT2D eigenvalue weighted by atomic mass is 9.96. The van der Waals surface area contributed by atoms with Crippen molar-refractivity contribution in [1.82, 2.24) is 20.4 Å². The third-order valence-corrected chi connectivity index (χ3v) is 4.20. The molecule has 0 spiro atoms. The molecule has 0 bridgehead atoms. The van der Waals surface area contributed by atoms with Crippen LogP contribution in [0.3, 0.4) is 0 Å². The second-order valence-corrected chi connectivity index (χ2v) is 5.69. The molecule has 110 valence electrons. The summed E-state index contributed by atoms with van der Waals surface area (Å²) in [5.41, 5.74) is 0. The van der Waals surface area contributed by atoms with Crippen molar-refractivity contribution in [2.45, 2.75) is 38.3 Å². The third-order valence-electron chi connectivity index (χ3n) is 4.20. The predicted molar refractivity (Wildman–Crippen MR) is 70.0 cm³/mol. The van der Waals surface area contributed by atoms with Gasteiger partial charge in [-0.3, -0.25) is 4.79 Å². The first-order valence-electron chi connectivity index (χ1n) is 7.19. The quantitative estimate of drug-likeness (QED) is 0.811. The number of nitrogens with one attached hydrogen (secondary N) is 1. The van der Waals surface area contributed by atoms with Gasteiger partial charge in [-0.25, -0.2) is 0 Å². The van der Waals surface area contributed by atoms with Gasteiger partial charge in [-0.1, -0.05) is 12.1 Å². The average Bonchev–Trinajstić information content (AvgIpc) is 3.11. The van der Waals surface area contributed by atoms with Crippen LogP contribution in [0.15, 0.2) is 4.52 Å². The van der Waals surface area contributed by atoms with Gasteiger partial charge in [0.05, 0.1) is 12.1 Å². The van der Waals surface area contributed by atoms with E-state index in [1.807, 2.05) is 6.92 Å². The van der Waals surface area contributed by atoms with Gasteiger partial charge in [0, 0.05) is 13.1 Å². The molecule has 0 saturated carbocycles. The lowest BCUT2D eigenvalue weighted by Gasteiger charge is -2.33. The summed E-state index contributed by atoms with van der Waals surface area (Å²) in [4.78, 5) is 18.1. The van der Waals surface area contributed by atoms with Gasteiger partial charge in [-0.2, -0.15) is 4.98 Å². The Morgan fingerprint density at radius 1 is 1.50 bits per heavy atom. The number of nitrogens with zero attached hydrogens (tertiary/aromatic N) is 3. The zero-order valence-corrected chi connectivity index (χ0v) is 11.6. The van der Waals surface area contributed by atoms with Crippen LogP contribution in [-0.2, 0) is 0 Å². The van der Waals surface area contributed by atoms with Gasteiger partial charge < -0.3 is 19.8 Å². The Balaban J connectivity index is 1.68. The lowest BCUT2D eigenvalue weighted by molar-refractivity contribution is 0.0240. The highest BCUT2D eigenvalue weighted by atomic mass is 16.5. The normalized spacial score (nSPS) is 30.7. The molecule has 3 heterocycles. The van der Waals surface area contributed by atoms with Crippen LogP contribution < -0.4 is 5.32 Å². The molecular formula is C13H20N4O3. The molecule has 3 rings (SSSR count). The highest BCUT2D eigenvalue weighted by Crippen LogP contribution is 2.22. The first-order chi connectivity index (χ1) is 9.65. The minimum Gasteiger partial charge on any atom is -0.391 e. The second-order valence-electron chi connectivity index (χ2n) is 5.69. The first kappa shape index (κ1) is 13.5. The number of aromatic nitrogens is 2. The molecule has 1 amide bonds. The fraction of sp³-hybridized carbons (Fsp3) is 0.769. The Hall–Kier alpha value is -1.47. The zero-order chi connectivity index (χ0) is 14.1. The van der Waals surface area contributed by atoms with Crippen molar-refractivity contribution in [3.8, 4) is 0 Å². The summed E-state index contributed by atoms with van der Waals surface area (Å²) < 4.78 is 5.17. The fourth-order valence-corrected chi connectivity index (χ4v) is 2.73. The van der Waals surface area contributed by atoms with E-state index in [-0.39, 0.29) is 23.7 Å². The summed E-state index contributed by atoms with van der Waals surface area (Å²) in [6, 6.07) is 0.0658. The number of piperidine rings is 1. The van der Waals surface area contributed by atoms with E-state index in [2.05, 4.69) is 15.5 Å². The Morgan fingerprint density at radius 2 is 2.35 bits per heavy atom. The van der Waals surface area contributed by atoms with E-state index in [1.165, 1.54) is 0 Å². The number of hydrogen-bond acceptors (Lipinski definition) is 6. The van der Waals surface area contributed by atoms with Gasteiger partial charge >= 0.3 is 0 Å². The van der Waals surface area contributed by atoms with Crippen LogP contribution in [0, 0.1) is 5.92 Å². The van der Waals surface area contributed by atoms with E-state index in [0.29, 0.717) is 19.0 Å². The maximum Gasteiger partial charge on any atom is 0.295 e. The van der Waals surface area contributed by atoms with Crippen LogP contribution >= 0.6 is 0 Å². The van der Waals surface area contributed by atoms with Crippen molar-refractivity contribution in [3.05, 3.63) is 11.7 Å². The molecule has 2 fully saturated rings. The number of β-amino-alcohol motifs (C(OH)–C–C–N with tert-alkyl or cyclic N) is 1. The highest BCUT2D eigenvalue weighted by Gasteiger charge is 2.31. The Bertz CT molecular complexity index is 484. The number of rotatable bonds is 2. The van der Waals surface area contributed by atoms with Gasteiger partial charge in [0.25, 0.3) is 11.7 Å². The van der Waals surface area contributed by atoms with E-state index < -0.39 is 6.10 Å². The molecule has 0 aromatic carbocycles. The van der Waals surface area contributed by atoms with Gasteiger partial charge in [-0.15, -0.1) is 0 Å². The van der Waals surface area contributed by atoms with Gasteiger partial charge in [-0.05, 0) is 31.7 Å². The monoisotopic (exact) mass is 280 g/mol. The van der Waals surface area contributed by atoms with Crippen LogP contribution in [0.5, 0.6) is 0 Å². The minimum atomic E-state index is -0.476. The van der Waals surface area contributed by atoms with E-state index in [0.717, 1.165) is 25.8 Å². The number of carbonyl (C=O) groups excluding carboxylic acids is 1. The molecule has 7 nitrogen and oxygen atoms in total. The predicted octanol–water partition coefficient (Wildman–Crippen LogP) is 0.337. The number of aliphatic hydroxyl groups is 1. The van der Waals surface area contributed by atoms with Crippen LogP contribution in [0.1, 0.15) is 48.7 Å². The lowest BCUT2D eigenvalue weighted by Crippen LogP contribution is -2.46. The van der Waals surface area contributed by atoms with Gasteiger partial charge in [0.2, 0.25) is 5.89 Å². The SMILES string of the molecule is CC1CCN(C(=O)c2noc(C3CCCN3)n2)CC1O. The number of aliphatic hydroxyl groups excluding tert-OH is 1. The van der Waals surface area contributed by atoms with Crippen LogP contribution in [0.2, 0.25) is 0 Å². The first-order valence-corrected chi connectivity index (χ1v) is 7.19. The number of amides is 1. The van der Waals surface area contributed by atoms with Crippen molar-refractivity contribution >= 4 is 5.91 Å². The third kappa shape index (κ3) is 2.55. The van der Waals surface area contributed by atoms with Gasteiger partial charge in [0.1, 0.15) is 0 Å². The summed E-state index contributed by atoms with van der Waals surface area (Å²) in [7, 11) is 0. The molecule has 1 aromatic rings. The molecule has 2 saturated heterocycles. The molecular weight excluding hydrogens is 260 g/mol. The Kier molecular flexibility index (Phi) is 3.71. The second kappa shape index (κ2) is 5.49.